The van der Waals surface area contributed by atoms with Crippen LogP contribution < -0.4 is 35.6 Å². The number of hydrogen-bond acceptors (Lipinski definition) is 9. The lowest BCUT2D eigenvalue weighted by molar-refractivity contribution is -0.120. The lowest BCUT2D eigenvalue weighted by atomic mass is 9.95. The van der Waals surface area contributed by atoms with Crippen LogP contribution in [0.15, 0.2) is 59.4 Å². The van der Waals surface area contributed by atoms with Crippen molar-refractivity contribution in [2.75, 3.05) is 44.0 Å². The molecule has 3 aromatic carbocycles. The van der Waals surface area contributed by atoms with Crippen molar-refractivity contribution < 1.29 is 23.8 Å². The molecule has 258 valence electrons. The number of fused-ring (bicyclic) bond motifs is 3. The fraction of sp³-hybridized carbons (Fsp3) is 0.351. The van der Waals surface area contributed by atoms with Gasteiger partial charge in [0.05, 0.1) is 44.4 Å². The van der Waals surface area contributed by atoms with Crippen molar-refractivity contribution in [2.45, 2.75) is 52.1 Å². The van der Waals surface area contributed by atoms with Crippen LogP contribution in [0.1, 0.15) is 48.3 Å². The van der Waals surface area contributed by atoms with Crippen LogP contribution in [0.4, 0.5) is 11.4 Å². The van der Waals surface area contributed by atoms with E-state index in [-0.39, 0.29) is 22.9 Å². The molecule has 12 heteroatoms. The smallest absolute Gasteiger partial charge is 0.246 e. The summed E-state index contributed by atoms with van der Waals surface area (Å²) in [6.45, 7) is 5.40. The van der Waals surface area contributed by atoms with Crippen LogP contribution in [-0.2, 0) is 16.0 Å². The van der Waals surface area contributed by atoms with Crippen molar-refractivity contribution in [2.24, 2.45) is 0 Å². The monoisotopic (exact) mass is 685 g/mol. The molecule has 1 heterocycles. The third-order valence-electron chi connectivity index (χ3n) is 8.56. The highest BCUT2D eigenvalue weighted by molar-refractivity contribution is 7.98. The van der Waals surface area contributed by atoms with E-state index in [2.05, 4.69) is 21.0 Å². The van der Waals surface area contributed by atoms with E-state index in [4.69, 9.17) is 14.2 Å². The molecule has 0 unspecified atom stereocenters. The van der Waals surface area contributed by atoms with Crippen molar-refractivity contribution in [1.29, 1.82) is 0 Å². The van der Waals surface area contributed by atoms with Crippen LogP contribution >= 0.6 is 11.8 Å². The second-order valence-electron chi connectivity index (χ2n) is 11.9. The molecule has 0 bridgehead atoms. The zero-order valence-electron chi connectivity index (χ0n) is 28.9. The molecule has 5 rings (SSSR count). The molecule has 49 heavy (non-hydrogen) atoms. The number of amides is 2. The van der Waals surface area contributed by atoms with Crippen molar-refractivity contribution in [3.8, 4) is 34.1 Å². The van der Waals surface area contributed by atoms with Crippen LogP contribution in [-0.4, -0.2) is 61.0 Å². The molecule has 11 nitrogen and oxygen atoms in total. The maximum Gasteiger partial charge on any atom is 0.246 e. The predicted octanol–water partition coefficient (Wildman–Crippen LogP) is 5.84. The quantitative estimate of drug-likeness (QED) is 0.168. The Balaban J connectivity index is 1.52. The van der Waals surface area contributed by atoms with Gasteiger partial charge in [0.2, 0.25) is 23.0 Å². The van der Waals surface area contributed by atoms with Crippen molar-refractivity contribution >= 4 is 35.0 Å². The van der Waals surface area contributed by atoms with Gasteiger partial charge in [0.1, 0.15) is 6.04 Å². The SMILES string of the molecule is COc1cc2c(c(OC)c1OC)-c1ccc(N[C@@H](CCSC)C(=O)Nc3ccc(-n4nc(C)cc4C)cc3)c(=O)cc1[C@@H](NC(C)=O)CC2. The largest absolute Gasteiger partial charge is 0.493 e. The number of benzene rings is 2. The first kappa shape index (κ1) is 35.3. The predicted molar refractivity (Wildman–Crippen MR) is 195 cm³/mol. The number of thioether (sulfide) groups is 1. The number of carbonyl (C=O) groups is 2. The Bertz CT molecular complexity index is 1910. The number of rotatable bonds is 12. The molecule has 2 amide bonds. The highest BCUT2D eigenvalue weighted by Gasteiger charge is 2.30. The van der Waals surface area contributed by atoms with E-state index in [0.717, 1.165) is 28.2 Å². The average Bonchev–Trinajstić information content (AvgIpc) is 3.25. The Morgan fingerprint density at radius 3 is 2.35 bits per heavy atom. The second-order valence-corrected chi connectivity index (χ2v) is 12.9. The van der Waals surface area contributed by atoms with E-state index in [0.29, 0.717) is 59.1 Å². The van der Waals surface area contributed by atoms with Crippen LogP contribution in [0.3, 0.4) is 0 Å². The van der Waals surface area contributed by atoms with Gasteiger partial charge in [0, 0.05) is 23.9 Å². The van der Waals surface area contributed by atoms with Crippen LogP contribution in [0.2, 0.25) is 0 Å². The first-order valence-corrected chi connectivity index (χ1v) is 17.4. The molecular formula is C37H43N5O6S. The number of hydrogen-bond donors (Lipinski definition) is 3. The Labute approximate surface area is 290 Å². The summed E-state index contributed by atoms with van der Waals surface area (Å²) in [6, 6.07) is 15.3. The van der Waals surface area contributed by atoms with Crippen LogP contribution in [0, 0.1) is 13.8 Å². The molecule has 1 aliphatic rings. The summed E-state index contributed by atoms with van der Waals surface area (Å²) in [5.74, 6) is 1.64. The van der Waals surface area contributed by atoms with Gasteiger partial charge in [-0.1, -0.05) is 6.07 Å². The fourth-order valence-corrected chi connectivity index (χ4v) is 6.80. The van der Waals surface area contributed by atoms with Crippen molar-refractivity contribution in [3.63, 3.8) is 0 Å². The molecule has 0 radical (unpaired) electrons. The number of aryl methyl sites for hydroxylation is 3. The van der Waals surface area contributed by atoms with E-state index < -0.39 is 12.1 Å². The number of nitrogens with zero attached hydrogens (tertiary/aromatic N) is 2. The summed E-state index contributed by atoms with van der Waals surface area (Å²) in [5.41, 5.74) is 6.45. The Morgan fingerprint density at radius 1 is 1.00 bits per heavy atom. The zero-order valence-corrected chi connectivity index (χ0v) is 29.7. The first-order valence-electron chi connectivity index (χ1n) is 16.1. The lowest BCUT2D eigenvalue weighted by Gasteiger charge is -2.19. The summed E-state index contributed by atoms with van der Waals surface area (Å²) < 4.78 is 19.1. The summed E-state index contributed by atoms with van der Waals surface area (Å²) >= 11 is 1.62. The van der Waals surface area contributed by atoms with Gasteiger partial charge < -0.3 is 30.2 Å². The lowest BCUT2D eigenvalue weighted by Crippen LogP contribution is -2.36. The Hall–Kier alpha value is -4.97. The molecule has 1 aliphatic carbocycles. The van der Waals surface area contributed by atoms with Gasteiger partial charge in [-0.2, -0.15) is 16.9 Å². The second kappa shape index (κ2) is 15.5. The minimum absolute atomic E-state index is 0.210. The van der Waals surface area contributed by atoms with E-state index in [1.807, 2.05) is 67.2 Å². The van der Waals surface area contributed by atoms with E-state index in [1.54, 1.807) is 45.2 Å². The highest BCUT2D eigenvalue weighted by atomic mass is 32.2. The van der Waals surface area contributed by atoms with Gasteiger partial charge in [0.25, 0.3) is 0 Å². The molecule has 1 aromatic heterocycles. The maximum atomic E-state index is 13.9. The number of methoxy groups -OCH3 is 3. The van der Waals surface area contributed by atoms with E-state index in [1.165, 1.54) is 6.92 Å². The molecule has 0 saturated heterocycles. The van der Waals surface area contributed by atoms with Gasteiger partial charge in [-0.05, 0) is 110 Å². The van der Waals surface area contributed by atoms with Gasteiger partial charge >= 0.3 is 0 Å². The first-order chi connectivity index (χ1) is 23.6. The number of carbonyl (C=O) groups excluding carboxylic acids is 2. The maximum absolute atomic E-state index is 13.9. The number of ether oxygens (including phenoxy) is 3. The van der Waals surface area contributed by atoms with Gasteiger partial charge in [-0.3, -0.25) is 14.4 Å². The van der Waals surface area contributed by atoms with Gasteiger partial charge in [0.15, 0.2) is 11.5 Å². The summed E-state index contributed by atoms with van der Waals surface area (Å²) in [6.07, 6.45) is 3.59. The van der Waals surface area contributed by atoms with E-state index >= 15 is 0 Å². The molecule has 0 spiro atoms. The van der Waals surface area contributed by atoms with Crippen LogP contribution in [0.5, 0.6) is 17.2 Å². The molecule has 0 aliphatic heterocycles. The van der Waals surface area contributed by atoms with Crippen molar-refractivity contribution in [1.82, 2.24) is 15.1 Å². The topological polar surface area (TPSA) is 133 Å². The molecule has 2 atom stereocenters. The number of aromatic nitrogens is 2. The minimum Gasteiger partial charge on any atom is -0.493 e. The minimum atomic E-state index is -0.699. The van der Waals surface area contributed by atoms with Crippen LogP contribution in [0.25, 0.3) is 16.8 Å². The Morgan fingerprint density at radius 2 is 1.73 bits per heavy atom. The third-order valence-corrected chi connectivity index (χ3v) is 9.21. The highest BCUT2D eigenvalue weighted by Crippen LogP contribution is 2.50. The average molecular weight is 686 g/mol. The molecular weight excluding hydrogens is 643 g/mol. The zero-order chi connectivity index (χ0) is 35.2. The van der Waals surface area contributed by atoms with E-state index in [9.17, 15) is 14.4 Å². The third kappa shape index (κ3) is 7.69. The van der Waals surface area contributed by atoms with Crippen molar-refractivity contribution in [3.05, 3.63) is 87.3 Å². The number of nitrogens with one attached hydrogen (secondary N) is 3. The Kier molecular flexibility index (Phi) is 11.2. The fourth-order valence-electron chi connectivity index (χ4n) is 6.32. The van der Waals surface area contributed by atoms with Gasteiger partial charge in [-0.25, -0.2) is 4.68 Å². The molecule has 3 N–H and O–H groups in total. The normalized spacial score (nSPS) is 14.1. The standard InChI is InChI=1S/C37H43N5O6S/c1-21-18-22(2)42(41-21)26-11-9-25(10-12-26)39-37(45)31(16-17-49-7)40-30-15-13-27-28(20-32(30)44)29(38-23(3)43)14-8-24-19-33(46-4)35(47-5)36(48-6)34(24)27/h9-13,15,18-20,29,31H,8,14,16-17H2,1-7H3,(H,38,43)(H,39,45)(H,40,44)/t29-,31-/m0/s1. The van der Waals surface area contributed by atoms with Gasteiger partial charge in [-0.15, -0.1) is 0 Å². The summed E-state index contributed by atoms with van der Waals surface area (Å²) in [5, 5.41) is 13.8. The molecule has 0 fully saturated rings. The summed E-state index contributed by atoms with van der Waals surface area (Å²) in [4.78, 5) is 39.9. The summed E-state index contributed by atoms with van der Waals surface area (Å²) in [7, 11) is 4.67. The molecule has 4 aromatic rings. The number of anilines is 2. The molecule has 0 saturated carbocycles.